The third kappa shape index (κ3) is 3.86. The molecule has 0 bridgehead atoms. The van der Waals surface area contributed by atoms with E-state index in [2.05, 4.69) is 4.85 Å². The maximum Gasteiger partial charge on any atom is 0.190 e. The Kier molecular flexibility index (Phi) is 5.02. The molecule has 3 rings (SSSR count). The molecule has 1 atom stereocenters. The van der Waals surface area contributed by atoms with Crippen LogP contribution in [0.3, 0.4) is 0 Å². The Labute approximate surface area is 158 Å². The second-order valence-corrected chi connectivity index (χ2v) is 6.97. The van der Waals surface area contributed by atoms with Gasteiger partial charge in [-0.1, -0.05) is 18.2 Å². The monoisotopic (exact) mass is 362 g/mol. The number of nitrogens with zero attached hydrogens (tertiary/aromatic N) is 2. The lowest BCUT2D eigenvalue weighted by molar-refractivity contribution is -0.136. The summed E-state index contributed by atoms with van der Waals surface area (Å²) in [6, 6.07) is 12.9. The predicted molar refractivity (Wildman–Crippen MR) is 105 cm³/mol. The molecule has 0 unspecified atom stereocenters. The fourth-order valence-corrected chi connectivity index (χ4v) is 3.19. The number of Topliss-reactive ketones (excluding diaryl/α,β-unsaturated/α-hetero) is 1. The molecule has 0 aliphatic rings. The van der Waals surface area contributed by atoms with E-state index in [9.17, 15) is 9.90 Å². The molecule has 0 aliphatic heterocycles. The molecule has 0 fully saturated rings. The van der Waals surface area contributed by atoms with E-state index in [1.165, 1.54) is 0 Å². The average Bonchev–Trinajstić information content (AvgIpc) is 3.03. The molecule has 5 nitrogen and oxygen atoms in total. The number of aromatic nitrogens is 1. The van der Waals surface area contributed by atoms with Crippen molar-refractivity contribution in [1.82, 2.24) is 4.57 Å². The number of fused-ring (bicyclic) bond motifs is 1. The molecule has 0 spiro atoms. The van der Waals surface area contributed by atoms with Gasteiger partial charge in [0.25, 0.3) is 0 Å². The van der Waals surface area contributed by atoms with Gasteiger partial charge in [-0.15, -0.1) is 0 Å². The minimum atomic E-state index is -1.50. The van der Waals surface area contributed by atoms with E-state index >= 15 is 0 Å². The van der Waals surface area contributed by atoms with Gasteiger partial charge < -0.3 is 14.4 Å². The second kappa shape index (κ2) is 7.26. The van der Waals surface area contributed by atoms with Crippen LogP contribution in [-0.4, -0.2) is 28.2 Å². The largest absolute Gasteiger partial charge is 0.497 e. The van der Waals surface area contributed by atoms with Crippen LogP contribution in [0.25, 0.3) is 15.7 Å². The molecule has 2 aromatic carbocycles. The lowest BCUT2D eigenvalue weighted by Crippen LogP contribution is -2.40. The van der Waals surface area contributed by atoms with E-state index in [4.69, 9.17) is 11.3 Å². The molecular weight excluding hydrogens is 340 g/mol. The number of aliphatic hydroxyl groups is 1. The van der Waals surface area contributed by atoms with Crippen molar-refractivity contribution in [1.29, 1.82) is 0 Å². The molecule has 0 saturated heterocycles. The minimum absolute atomic E-state index is 0.124. The molecule has 1 N–H and O–H groups in total. The Morgan fingerprint density at radius 1 is 1.26 bits per heavy atom. The van der Waals surface area contributed by atoms with E-state index < -0.39 is 5.60 Å². The average molecular weight is 362 g/mol. The lowest BCUT2D eigenvalue weighted by atomic mass is 9.94. The van der Waals surface area contributed by atoms with Crippen molar-refractivity contribution >= 4 is 22.4 Å². The molecule has 0 saturated carbocycles. The third-order valence-electron chi connectivity index (χ3n) is 4.80. The van der Waals surface area contributed by atoms with Crippen molar-refractivity contribution in [3.63, 3.8) is 0 Å². The van der Waals surface area contributed by atoms with E-state index in [0.29, 0.717) is 5.69 Å². The van der Waals surface area contributed by atoms with Gasteiger partial charge in [0.15, 0.2) is 11.5 Å². The molecule has 138 valence electrons. The summed E-state index contributed by atoms with van der Waals surface area (Å²) >= 11 is 0. The quantitative estimate of drug-likeness (QED) is 0.673. The molecule has 0 radical (unpaired) electrons. The highest BCUT2D eigenvalue weighted by Gasteiger charge is 2.30. The Morgan fingerprint density at radius 3 is 2.70 bits per heavy atom. The fourth-order valence-electron chi connectivity index (χ4n) is 3.19. The highest BCUT2D eigenvalue weighted by atomic mass is 16.5. The maximum atomic E-state index is 12.7. The first-order chi connectivity index (χ1) is 12.8. The van der Waals surface area contributed by atoms with Crippen LogP contribution in [0.5, 0.6) is 5.75 Å². The normalized spacial score (nSPS) is 13.1. The fraction of sp³-hybridized carbons (Fsp3) is 0.273. The van der Waals surface area contributed by atoms with E-state index in [1.54, 1.807) is 26.2 Å². The topological polar surface area (TPSA) is 55.8 Å². The molecule has 1 aromatic heterocycles. The number of methoxy groups -OCH3 is 1. The molecule has 3 aromatic rings. The Morgan fingerprint density at radius 2 is 2.04 bits per heavy atom. The second-order valence-electron chi connectivity index (χ2n) is 6.97. The van der Waals surface area contributed by atoms with Crippen LogP contribution in [0.2, 0.25) is 0 Å². The number of ether oxygens (including phenoxy) is 1. The molecular formula is C22H22N2O3. The van der Waals surface area contributed by atoms with Gasteiger partial charge in [0.1, 0.15) is 11.4 Å². The van der Waals surface area contributed by atoms with Gasteiger partial charge in [0.05, 0.1) is 20.2 Å². The smallest absolute Gasteiger partial charge is 0.190 e. The number of aryl methyl sites for hydroxylation is 1. The van der Waals surface area contributed by atoms with Gasteiger partial charge in [-0.25, -0.2) is 4.85 Å². The van der Waals surface area contributed by atoms with Crippen molar-refractivity contribution < 1.29 is 14.6 Å². The maximum absolute atomic E-state index is 12.7. The summed E-state index contributed by atoms with van der Waals surface area (Å²) in [6.07, 6.45) is 1.99. The van der Waals surface area contributed by atoms with Crippen molar-refractivity contribution in [2.75, 3.05) is 7.11 Å². The SMILES string of the molecule is [C-]#[N+]c1ccc(CC(=O)[C@@](C)(O)Cn2ccc3cc(OC)ccc32)cc1C. The van der Waals surface area contributed by atoms with Gasteiger partial charge in [0.2, 0.25) is 0 Å². The summed E-state index contributed by atoms with van der Waals surface area (Å²) in [7, 11) is 1.62. The van der Waals surface area contributed by atoms with Crippen molar-refractivity contribution in [3.05, 3.63) is 71.2 Å². The van der Waals surface area contributed by atoms with Gasteiger partial charge in [-0.05, 0) is 49.2 Å². The number of benzene rings is 2. The van der Waals surface area contributed by atoms with E-state index in [1.807, 2.05) is 48.0 Å². The molecule has 5 heteroatoms. The van der Waals surface area contributed by atoms with E-state index in [-0.39, 0.29) is 18.7 Å². The van der Waals surface area contributed by atoms with Crippen LogP contribution in [0, 0.1) is 13.5 Å². The third-order valence-corrected chi connectivity index (χ3v) is 4.80. The first kappa shape index (κ1) is 18.7. The van der Waals surface area contributed by atoms with Crippen LogP contribution < -0.4 is 4.74 Å². The Balaban J connectivity index is 1.79. The van der Waals surface area contributed by atoms with Crippen LogP contribution in [0.1, 0.15) is 18.1 Å². The summed E-state index contributed by atoms with van der Waals surface area (Å²) in [6.45, 7) is 10.7. The number of rotatable bonds is 6. The predicted octanol–water partition coefficient (Wildman–Crippen LogP) is 4.07. The van der Waals surface area contributed by atoms with Gasteiger partial charge in [-0.3, -0.25) is 4.79 Å². The number of carbonyl (C=O) groups excluding carboxylic acids is 1. The minimum Gasteiger partial charge on any atom is -0.497 e. The van der Waals surface area contributed by atoms with Crippen molar-refractivity contribution in [2.24, 2.45) is 0 Å². The molecule has 0 amide bonds. The summed E-state index contributed by atoms with van der Waals surface area (Å²) < 4.78 is 7.11. The number of carbonyl (C=O) groups is 1. The van der Waals surface area contributed by atoms with Gasteiger partial charge in [0, 0.05) is 23.5 Å². The molecule has 1 heterocycles. The number of ketones is 1. The molecule has 0 aliphatic carbocycles. The zero-order valence-corrected chi connectivity index (χ0v) is 15.7. The Hall–Kier alpha value is -3.10. The van der Waals surface area contributed by atoms with Crippen LogP contribution >= 0.6 is 0 Å². The number of hydrogen-bond acceptors (Lipinski definition) is 3. The first-order valence-corrected chi connectivity index (χ1v) is 8.69. The lowest BCUT2D eigenvalue weighted by Gasteiger charge is -2.23. The summed E-state index contributed by atoms with van der Waals surface area (Å²) in [4.78, 5) is 16.2. The zero-order valence-electron chi connectivity index (χ0n) is 15.7. The van der Waals surface area contributed by atoms with Gasteiger partial charge in [-0.2, -0.15) is 0 Å². The summed E-state index contributed by atoms with van der Waals surface area (Å²) in [5, 5.41) is 11.8. The summed E-state index contributed by atoms with van der Waals surface area (Å²) in [5.74, 6) is 0.508. The van der Waals surface area contributed by atoms with Gasteiger partial charge >= 0.3 is 0 Å². The van der Waals surface area contributed by atoms with Crippen LogP contribution in [0.4, 0.5) is 5.69 Å². The zero-order chi connectivity index (χ0) is 19.6. The first-order valence-electron chi connectivity index (χ1n) is 8.69. The van der Waals surface area contributed by atoms with Crippen molar-refractivity contribution in [2.45, 2.75) is 32.4 Å². The standard InChI is InChI=1S/C22H22N2O3/c1-15-11-16(5-7-19(15)23-3)12-21(25)22(2,26)14-24-10-9-17-13-18(27-4)6-8-20(17)24/h5-11,13,26H,12,14H2,1-2,4H3/t22-/m0/s1. The van der Waals surface area contributed by atoms with Crippen molar-refractivity contribution in [3.8, 4) is 5.75 Å². The van der Waals surface area contributed by atoms with E-state index in [0.717, 1.165) is 27.8 Å². The molecule has 27 heavy (non-hydrogen) atoms. The van der Waals surface area contributed by atoms with Crippen LogP contribution in [-0.2, 0) is 17.8 Å². The highest BCUT2D eigenvalue weighted by Crippen LogP contribution is 2.25. The van der Waals surface area contributed by atoms with Crippen LogP contribution in [0.15, 0.2) is 48.7 Å². The highest BCUT2D eigenvalue weighted by molar-refractivity contribution is 5.89. The Bertz CT molecular complexity index is 1040. The number of hydrogen-bond donors (Lipinski definition) is 1. The summed E-state index contributed by atoms with van der Waals surface area (Å²) in [5.41, 5.74) is 1.64.